The molecule has 8 nitrogen and oxygen atoms in total. The maximum atomic E-state index is 11.8. The number of hydrogen-bond donors (Lipinski definition) is 2. The Balaban J connectivity index is 2.05. The summed E-state index contributed by atoms with van der Waals surface area (Å²) < 4.78 is 0. The van der Waals surface area contributed by atoms with E-state index in [2.05, 4.69) is 4.98 Å². The van der Waals surface area contributed by atoms with Crippen LogP contribution in [0.1, 0.15) is 15.5 Å². The predicted molar refractivity (Wildman–Crippen MR) is 66.8 cm³/mol. The van der Waals surface area contributed by atoms with E-state index in [1.165, 1.54) is 9.80 Å². The van der Waals surface area contributed by atoms with Crippen molar-refractivity contribution in [3.05, 3.63) is 16.1 Å². The highest BCUT2D eigenvalue weighted by Crippen LogP contribution is 2.13. The van der Waals surface area contributed by atoms with Crippen LogP contribution in [0.2, 0.25) is 0 Å². The molecule has 0 aromatic carbocycles. The second-order valence-corrected chi connectivity index (χ2v) is 4.98. The zero-order chi connectivity index (χ0) is 14.0. The van der Waals surface area contributed by atoms with E-state index < -0.39 is 5.91 Å². The molecule has 3 amide bonds. The molecule has 1 fully saturated rings. The van der Waals surface area contributed by atoms with Crippen molar-refractivity contribution in [1.82, 2.24) is 20.2 Å². The molecule has 19 heavy (non-hydrogen) atoms. The number of amides is 3. The van der Waals surface area contributed by atoms with E-state index in [-0.39, 0.29) is 36.5 Å². The Hall–Kier alpha value is -2.00. The molecule has 1 aromatic heterocycles. The van der Waals surface area contributed by atoms with Gasteiger partial charge in [-0.05, 0) is 0 Å². The molecule has 0 saturated carbocycles. The number of likely N-dealkylation sites (N-methyl/N-ethyl adjacent to an activating group) is 1. The summed E-state index contributed by atoms with van der Waals surface area (Å²) in [5.74, 6) is 4.28. The maximum Gasteiger partial charge on any atom is 0.294 e. The Morgan fingerprint density at radius 2 is 2.21 bits per heavy atom. The quantitative estimate of drug-likeness (QED) is 0.401. The molecule has 2 rings (SSSR count). The van der Waals surface area contributed by atoms with Gasteiger partial charge >= 0.3 is 0 Å². The normalized spacial score (nSPS) is 15.9. The van der Waals surface area contributed by atoms with Crippen molar-refractivity contribution in [2.75, 3.05) is 20.1 Å². The minimum Gasteiger partial charge on any atom is -0.335 e. The molecular weight excluding hydrogens is 270 g/mol. The standard InChI is InChI=1S/C10H13N5O3S/c1-14-3-8(17)15(4-7(14)16)2-6-5-19-10(12-6)9(18)13-11/h5H,2-4,11H2,1H3,(H,13,18). The molecule has 0 radical (unpaired) electrons. The fourth-order valence-corrected chi connectivity index (χ4v) is 2.36. The molecule has 1 aliphatic heterocycles. The molecule has 0 atom stereocenters. The Bertz CT molecular complexity index is 529. The van der Waals surface area contributed by atoms with E-state index >= 15 is 0 Å². The second-order valence-electron chi connectivity index (χ2n) is 4.12. The van der Waals surface area contributed by atoms with Crippen LogP contribution in [-0.2, 0) is 16.1 Å². The lowest BCUT2D eigenvalue weighted by Crippen LogP contribution is -2.51. The van der Waals surface area contributed by atoms with Gasteiger partial charge in [-0.1, -0.05) is 0 Å². The summed E-state index contributed by atoms with van der Waals surface area (Å²) in [7, 11) is 1.59. The van der Waals surface area contributed by atoms with Gasteiger partial charge in [0.1, 0.15) is 6.54 Å². The Labute approximate surface area is 113 Å². The summed E-state index contributed by atoms with van der Waals surface area (Å²) in [6.07, 6.45) is 0. The lowest BCUT2D eigenvalue weighted by atomic mass is 10.3. The van der Waals surface area contributed by atoms with E-state index in [0.717, 1.165) is 11.3 Å². The number of thiazole rings is 1. The van der Waals surface area contributed by atoms with Crippen molar-refractivity contribution in [3.8, 4) is 0 Å². The summed E-state index contributed by atoms with van der Waals surface area (Å²) in [5, 5.41) is 1.89. The molecular formula is C10H13N5O3S. The van der Waals surface area contributed by atoms with Gasteiger partial charge < -0.3 is 9.80 Å². The highest BCUT2D eigenvalue weighted by molar-refractivity contribution is 7.11. The average Bonchev–Trinajstić information content (AvgIpc) is 2.83. The molecule has 3 N–H and O–H groups in total. The van der Waals surface area contributed by atoms with Crippen LogP contribution in [0.5, 0.6) is 0 Å². The molecule has 1 aliphatic rings. The first kappa shape index (κ1) is 13.4. The lowest BCUT2D eigenvalue weighted by molar-refractivity contribution is -0.149. The summed E-state index contributed by atoms with van der Waals surface area (Å²) in [6.45, 7) is 0.317. The van der Waals surface area contributed by atoms with Crippen molar-refractivity contribution in [2.24, 2.45) is 5.84 Å². The number of piperazine rings is 1. The molecule has 2 heterocycles. The molecule has 1 aromatic rings. The van der Waals surface area contributed by atoms with Gasteiger partial charge in [0.05, 0.1) is 18.8 Å². The first-order valence-corrected chi connectivity index (χ1v) is 6.36. The van der Waals surface area contributed by atoms with Crippen LogP contribution in [-0.4, -0.2) is 52.6 Å². The number of rotatable bonds is 3. The smallest absolute Gasteiger partial charge is 0.294 e. The van der Waals surface area contributed by atoms with Gasteiger partial charge in [0, 0.05) is 12.4 Å². The van der Waals surface area contributed by atoms with Gasteiger partial charge in [-0.15, -0.1) is 11.3 Å². The van der Waals surface area contributed by atoms with Crippen molar-refractivity contribution >= 4 is 29.1 Å². The monoisotopic (exact) mass is 283 g/mol. The van der Waals surface area contributed by atoms with Gasteiger partial charge in [0.2, 0.25) is 11.8 Å². The number of hydrazine groups is 1. The lowest BCUT2D eigenvalue weighted by Gasteiger charge is -2.31. The van der Waals surface area contributed by atoms with E-state index in [1.54, 1.807) is 12.4 Å². The third kappa shape index (κ3) is 2.88. The van der Waals surface area contributed by atoms with Crippen LogP contribution in [0.25, 0.3) is 0 Å². The molecule has 0 unspecified atom stereocenters. The van der Waals surface area contributed by atoms with E-state index in [9.17, 15) is 14.4 Å². The van der Waals surface area contributed by atoms with Gasteiger partial charge in [-0.2, -0.15) is 0 Å². The molecule has 9 heteroatoms. The number of carbonyl (C=O) groups is 3. The van der Waals surface area contributed by atoms with Crippen LogP contribution < -0.4 is 11.3 Å². The van der Waals surface area contributed by atoms with Crippen LogP contribution in [0.3, 0.4) is 0 Å². The number of carbonyl (C=O) groups excluding carboxylic acids is 3. The summed E-state index contributed by atoms with van der Waals surface area (Å²) in [6, 6.07) is 0. The number of nitrogens with zero attached hydrogens (tertiary/aromatic N) is 3. The highest BCUT2D eigenvalue weighted by atomic mass is 32.1. The summed E-state index contributed by atoms with van der Waals surface area (Å²) >= 11 is 1.14. The molecule has 0 spiro atoms. The minimum atomic E-state index is -0.475. The van der Waals surface area contributed by atoms with E-state index in [1.807, 2.05) is 5.43 Å². The molecule has 0 aliphatic carbocycles. The van der Waals surface area contributed by atoms with Gasteiger partial charge in [0.15, 0.2) is 5.01 Å². The summed E-state index contributed by atoms with van der Waals surface area (Å²) in [5.41, 5.74) is 2.55. The zero-order valence-electron chi connectivity index (χ0n) is 10.3. The van der Waals surface area contributed by atoms with E-state index in [0.29, 0.717) is 5.69 Å². The van der Waals surface area contributed by atoms with Crippen LogP contribution in [0.15, 0.2) is 5.38 Å². The van der Waals surface area contributed by atoms with Crippen molar-refractivity contribution in [2.45, 2.75) is 6.54 Å². The number of hydrogen-bond acceptors (Lipinski definition) is 6. The van der Waals surface area contributed by atoms with E-state index in [4.69, 9.17) is 5.84 Å². The number of nitrogens with one attached hydrogen (secondary N) is 1. The molecule has 1 saturated heterocycles. The van der Waals surface area contributed by atoms with Gasteiger partial charge in [-0.25, -0.2) is 10.8 Å². The van der Waals surface area contributed by atoms with Gasteiger partial charge in [0.25, 0.3) is 5.91 Å². The Morgan fingerprint density at radius 3 is 2.89 bits per heavy atom. The fourth-order valence-electron chi connectivity index (χ4n) is 1.65. The van der Waals surface area contributed by atoms with Crippen molar-refractivity contribution in [3.63, 3.8) is 0 Å². The van der Waals surface area contributed by atoms with Crippen LogP contribution >= 0.6 is 11.3 Å². The minimum absolute atomic E-state index is 0.0330. The largest absolute Gasteiger partial charge is 0.335 e. The Kier molecular flexibility index (Phi) is 3.76. The van der Waals surface area contributed by atoms with Crippen LogP contribution in [0, 0.1) is 0 Å². The maximum absolute atomic E-state index is 11.8. The predicted octanol–water partition coefficient (Wildman–Crippen LogP) is -1.45. The molecule has 0 bridgehead atoms. The number of aromatic nitrogens is 1. The summed E-state index contributed by atoms with van der Waals surface area (Å²) in [4.78, 5) is 41.4. The molecule has 102 valence electrons. The SMILES string of the molecule is CN1CC(=O)N(Cc2csc(C(=O)NN)n2)CC1=O. The second kappa shape index (κ2) is 5.33. The third-order valence-electron chi connectivity index (χ3n) is 2.71. The van der Waals surface area contributed by atoms with Gasteiger partial charge in [-0.3, -0.25) is 19.8 Å². The number of nitrogen functional groups attached to an aromatic ring is 1. The fraction of sp³-hybridized carbons (Fsp3) is 0.400. The number of nitrogens with two attached hydrogens (primary N) is 1. The average molecular weight is 283 g/mol. The first-order valence-electron chi connectivity index (χ1n) is 5.48. The first-order chi connectivity index (χ1) is 9.01. The zero-order valence-corrected chi connectivity index (χ0v) is 11.1. The van der Waals surface area contributed by atoms with Crippen molar-refractivity contribution in [1.29, 1.82) is 0 Å². The topological polar surface area (TPSA) is 109 Å². The Morgan fingerprint density at radius 1 is 1.47 bits per heavy atom. The van der Waals surface area contributed by atoms with Crippen LogP contribution in [0.4, 0.5) is 0 Å². The highest BCUT2D eigenvalue weighted by Gasteiger charge is 2.28. The van der Waals surface area contributed by atoms with Crippen molar-refractivity contribution < 1.29 is 14.4 Å². The third-order valence-corrected chi connectivity index (χ3v) is 3.60.